The molecule has 0 radical (unpaired) electrons. The molecule has 3 aromatic carbocycles. The maximum Gasteiger partial charge on any atom is 0.170 e. The Balaban J connectivity index is 1.68. The topological polar surface area (TPSA) is 9.23 Å². The SMILES string of the molecule is C=CC1(Oc2ccc([S+](c3ccccc3)c3ccccc3)cc2F)CCCCC1. The van der Waals surface area contributed by atoms with Crippen LogP contribution in [-0.4, -0.2) is 5.60 Å². The maximum atomic E-state index is 15.1. The molecule has 148 valence electrons. The van der Waals surface area contributed by atoms with E-state index in [1.54, 1.807) is 12.1 Å². The number of benzene rings is 3. The molecule has 0 saturated heterocycles. The minimum Gasteiger partial charge on any atom is -0.480 e. The van der Waals surface area contributed by atoms with E-state index in [4.69, 9.17) is 4.74 Å². The highest BCUT2D eigenvalue weighted by molar-refractivity contribution is 7.97. The summed E-state index contributed by atoms with van der Waals surface area (Å²) in [4.78, 5) is 3.28. The Bertz CT molecular complexity index is 909. The number of halogens is 1. The Morgan fingerprint density at radius 1 is 0.793 bits per heavy atom. The largest absolute Gasteiger partial charge is 0.480 e. The molecular weight excluding hydrogens is 379 g/mol. The zero-order valence-electron chi connectivity index (χ0n) is 16.5. The minimum absolute atomic E-state index is 0.307. The van der Waals surface area contributed by atoms with Gasteiger partial charge in [-0.25, -0.2) is 4.39 Å². The Labute approximate surface area is 175 Å². The van der Waals surface area contributed by atoms with Crippen molar-refractivity contribution in [3.63, 3.8) is 0 Å². The Morgan fingerprint density at radius 2 is 1.38 bits per heavy atom. The van der Waals surface area contributed by atoms with Gasteiger partial charge >= 0.3 is 0 Å². The summed E-state index contributed by atoms with van der Waals surface area (Å²) in [6.07, 6.45) is 7.05. The molecule has 0 bridgehead atoms. The van der Waals surface area contributed by atoms with Crippen LogP contribution in [-0.2, 0) is 10.9 Å². The van der Waals surface area contributed by atoms with Gasteiger partial charge in [0.2, 0.25) is 0 Å². The summed E-state index contributed by atoms with van der Waals surface area (Å²) in [7, 11) is -0.368. The van der Waals surface area contributed by atoms with E-state index in [2.05, 4.69) is 30.8 Å². The molecule has 0 amide bonds. The van der Waals surface area contributed by atoms with Gasteiger partial charge in [0.15, 0.2) is 26.3 Å². The molecule has 0 spiro atoms. The molecule has 0 heterocycles. The zero-order chi connectivity index (χ0) is 20.1. The first-order valence-electron chi connectivity index (χ1n) is 10.2. The van der Waals surface area contributed by atoms with Crippen LogP contribution in [0.15, 0.2) is 106 Å². The van der Waals surface area contributed by atoms with Crippen LogP contribution in [0.5, 0.6) is 5.75 Å². The van der Waals surface area contributed by atoms with Crippen molar-refractivity contribution in [1.29, 1.82) is 0 Å². The highest BCUT2D eigenvalue weighted by atomic mass is 32.2. The molecule has 1 aliphatic rings. The maximum absolute atomic E-state index is 15.1. The highest BCUT2D eigenvalue weighted by Gasteiger charge is 2.33. The number of ether oxygens (including phenoxy) is 1. The highest BCUT2D eigenvalue weighted by Crippen LogP contribution is 2.37. The third-order valence-electron chi connectivity index (χ3n) is 5.48. The van der Waals surface area contributed by atoms with Crippen molar-refractivity contribution in [1.82, 2.24) is 0 Å². The fourth-order valence-corrected chi connectivity index (χ4v) is 6.03. The average Bonchev–Trinajstić information content (AvgIpc) is 2.78. The molecule has 0 aromatic heterocycles. The van der Waals surface area contributed by atoms with Crippen molar-refractivity contribution in [3.05, 3.63) is 97.3 Å². The molecule has 4 rings (SSSR count). The summed E-state index contributed by atoms with van der Waals surface area (Å²) in [6.45, 7) is 3.96. The van der Waals surface area contributed by atoms with E-state index in [1.165, 1.54) is 16.2 Å². The van der Waals surface area contributed by atoms with Crippen LogP contribution in [0.3, 0.4) is 0 Å². The summed E-state index contributed by atoms with van der Waals surface area (Å²) in [5.41, 5.74) is -0.443. The van der Waals surface area contributed by atoms with E-state index < -0.39 is 5.60 Å². The Hall–Kier alpha value is -2.52. The normalized spacial score (nSPS) is 15.8. The van der Waals surface area contributed by atoms with Crippen LogP contribution < -0.4 is 4.74 Å². The lowest BCUT2D eigenvalue weighted by atomic mass is 9.84. The van der Waals surface area contributed by atoms with Gasteiger partial charge in [-0.1, -0.05) is 49.4 Å². The van der Waals surface area contributed by atoms with Crippen LogP contribution in [0.4, 0.5) is 4.39 Å². The van der Waals surface area contributed by atoms with Crippen molar-refractivity contribution >= 4 is 10.9 Å². The molecule has 0 aliphatic heterocycles. The Kier molecular flexibility index (Phi) is 6.05. The number of rotatable bonds is 6. The first kappa shape index (κ1) is 19.8. The minimum atomic E-state index is -0.443. The standard InChI is InChI=1S/C26H26FOS/c1-2-26(18-10-5-11-19-26)28-25-17-16-23(20-24(25)27)29(21-12-6-3-7-13-21)22-14-8-4-9-15-22/h2-4,6-9,12-17,20H,1,5,10-11,18-19H2/q+1. The van der Waals surface area contributed by atoms with Crippen molar-refractivity contribution in [2.45, 2.75) is 52.4 Å². The fraction of sp³-hybridized carbons (Fsp3) is 0.231. The molecule has 1 nitrogen and oxygen atoms in total. The molecule has 1 saturated carbocycles. The van der Waals surface area contributed by atoms with Crippen LogP contribution in [0.2, 0.25) is 0 Å². The van der Waals surface area contributed by atoms with Crippen LogP contribution in [0.1, 0.15) is 32.1 Å². The van der Waals surface area contributed by atoms with E-state index in [0.717, 1.165) is 30.6 Å². The zero-order valence-corrected chi connectivity index (χ0v) is 17.3. The van der Waals surface area contributed by atoms with E-state index >= 15 is 4.39 Å². The first-order valence-corrected chi connectivity index (χ1v) is 11.4. The van der Waals surface area contributed by atoms with E-state index in [9.17, 15) is 0 Å². The molecule has 0 unspecified atom stereocenters. The molecule has 1 aliphatic carbocycles. The van der Waals surface area contributed by atoms with Gasteiger partial charge in [0, 0.05) is 6.07 Å². The second kappa shape index (κ2) is 8.87. The van der Waals surface area contributed by atoms with E-state index in [0.29, 0.717) is 5.75 Å². The van der Waals surface area contributed by atoms with Gasteiger partial charge in [-0.2, -0.15) is 0 Å². The summed E-state index contributed by atoms with van der Waals surface area (Å²) in [5.74, 6) is 0.0129. The molecule has 0 N–H and O–H groups in total. The average molecular weight is 406 g/mol. The molecular formula is C26H26FOS+. The molecule has 3 heteroatoms. The monoisotopic (exact) mass is 405 g/mol. The fourth-order valence-electron chi connectivity index (χ4n) is 3.93. The lowest BCUT2D eigenvalue weighted by Crippen LogP contribution is -2.36. The van der Waals surface area contributed by atoms with Crippen LogP contribution >= 0.6 is 0 Å². The van der Waals surface area contributed by atoms with Crippen molar-refractivity contribution in [2.24, 2.45) is 0 Å². The molecule has 3 aromatic rings. The van der Waals surface area contributed by atoms with Crippen molar-refractivity contribution in [3.8, 4) is 5.75 Å². The predicted molar refractivity (Wildman–Crippen MR) is 118 cm³/mol. The van der Waals surface area contributed by atoms with Crippen molar-refractivity contribution in [2.75, 3.05) is 0 Å². The molecule has 29 heavy (non-hydrogen) atoms. The lowest BCUT2D eigenvalue weighted by molar-refractivity contribution is 0.0732. The summed E-state index contributed by atoms with van der Waals surface area (Å²) in [5, 5.41) is 0. The van der Waals surface area contributed by atoms with Crippen LogP contribution in [0.25, 0.3) is 0 Å². The van der Waals surface area contributed by atoms with Gasteiger partial charge < -0.3 is 4.74 Å². The first-order chi connectivity index (χ1) is 14.2. The van der Waals surface area contributed by atoms with Gasteiger partial charge in [0.25, 0.3) is 0 Å². The van der Waals surface area contributed by atoms with Crippen molar-refractivity contribution < 1.29 is 9.13 Å². The smallest absolute Gasteiger partial charge is 0.170 e. The van der Waals surface area contributed by atoms with E-state index in [1.807, 2.05) is 48.5 Å². The molecule has 0 atom stereocenters. The number of hydrogen-bond acceptors (Lipinski definition) is 1. The second-order valence-electron chi connectivity index (χ2n) is 7.46. The lowest BCUT2D eigenvalue weighted by Gasteiger charge is -2.35. The second-order valence-corrected chi connectivity index (χ2v) is 9.48. The third-order valence-corrected chi connectivity index (χ3v) is 7.69. The van der Waals surface area contributed by atoms with Gasteiger partial charge in [-0.15, -0.1) is 0 Å². The van der Waals surface area contributed by atoms with Crippen LogP contribution in [0, 0.1) is 5.82 Å². The number of hydrogen-bond donors (Lipinski definition) is 0. The van der Waals surface area contributed by atoms with Gasteiger partial charge in [0.1, 0.15) is 5.60 Å². The Morgan fingerprint density at radius 3 is 1.90 bits per heavy atom. The van der Waals surface area contributed by atoms with Gasteiger partial charge in [-0.3, -0.25) is 0 Å². The van der Waals surface area contributed by atoms with E-state index in [-0.39, 0.29) is 16.7 Å². The summed E-state index contributed by atoms with van der Waals surface area (Å²) >= 11 is 0. The van der Waals surface area contributed by atoms with Gasteiger partial charge in [0.05, 0.1) is 10.9 Å². The molecule has 1 fully saturated rings. The summed E-state index contributed by atoms with van der Waals surface area (Å²) in [6, 6.07) is 26.0. The quantitative estimate of drug-likeness (QED) is 0.311. The predicted octanol–water partition coefficient (Wildman–Crippen LogP) is 7.19. The summed E-state index contributed by atoms with van der Waals surface area (Å²) < 4.78 is 21.3. The third kappa shape index (κ3) is 4.40. The van der Waals surface area contributed by atoms with Gasteiger partial charge in [-0.05, 0) is 68.2 Å².